The second-order valence-corrected chi connectivity index (χ2v) is 8.00. The van der Waals surface area contributed by atoms with Gasteiger partial charge in [-0.15, -0.1) is 0 Å². The van der Waals surface area contributed by atoms with Crippen molar-refractivity contribution in [3.63, 3.8) is 0 Å². The van der Waals surface area contributed by atoms with Crippen LogP contribution in [0, 0.1) is 12.8 Å². The molecule has 2 aromatic rings. The highest BCUT2D eigenvalue weighted by atomic mass is 16.2. The summed E-state index contributed by atoms with van der Waals surface area (Å²) in [6, 6.07) is 11.4. The van der Waals surface area contributed by atoms with E-state index in [9.17, 15) is 9.59 Å². The zero-order chi connectivity index (χ0) is 21.4. The highest BCUT2D eigenvalue weighted by Crippen LogP contribution is 2.12. The summed E-state index contributed by atoms with van der Waals surface area (Å²) in [6.07, 6.45) is 2.77. The molecule has 0 radical (unpaired) electrons. The van der Waals surface area contributed by atoms with Crippen molar-refractivity contribution in [3.05, 3.63) is 53.9 Å². The van der Waals surface area contributed by atoms with Crippen molar-refractivity contribution in [1.82, 2.24) is 14.4 Å². The van der Waals surface area contributed by atoms with Gasteiger partial charge in [-0.2, -0.15) is 0 Å². The summed E-state index contributed by atoms with van der Waals surface area (Å²) in [4.78, 5) is 29.3. The van der Waals surface area contributed by atoms with Gasteiger partial charge in [-0.05, 0) is 43.5 Å². The number of hydrogen-bond donors (Lipinski definition) is 1. The van der Waals surface area contributed by atoms with Crippen LogP contribution in [0.2, 0.25) is 0 Å². The fourth-order valence-corrected chi connectivity index (χ4v) is 3.18. The average molecular weight is 399 g/mol. The second kappa shape index (κ2) is 10.7. The first kappa shape index (κ1) is 22.5. The smallest absolute Gasteiger partial charge is 0.322 e. The number of carbonyl (C=O) groups is 2. The summed E-state index contributed by atoms with van der Waals surface area (Å²) in [7, 11) is 1.98. The monoisotopic (exact) mass is 398 g/mol. The molecule has 1 heterocycles. The third-order valence-electron chi connectivity index (χ3n) is 4.75. The lowest BCUT2D eigenvalue weighted by atomic mass is 10.2. The summed E-state index contributed by atoms with van der Waals surface area (Å²) in [5.74, 6) is 0.313. The molecule has 0 fully saturated rings. The van der Waals surface area contributed by atoms with Crippen LogP contribution in [-0.2, 0) is 18.4 Å². The molecule has 0 aliphatic carbocycles. The molecular formula is C23H34N4O2. The Morgan fingerprint density at radius 3 is 2.34 bits per heavy atom. The van der Waals surface area contributed by atoms with Crippen molar-refractivity contribution in [2.24, 2.45) is 13.0 Å². The summed E-state index contributed by atoms with van der Waals surface area (Å²) in [5.41, 5.74) is 2.94. The second-order valence-electron chi connectivity index (χ2n) is 8.00. The predicted octanol–water partition coefficient (Wildman–Crippen LogP) is 4.26. The van der Waals surface area contributed by atoms with Crippen molar-refractivity contribution in [2.45, 2.75) is 40.7 Å². The summed E-state index contributed by atoms with van der Waals surface area (Å²) < 4.78 is 2.02. The van der Waals surface area contributed by atoms with E-state index in [1.807, 2.05) is 73.0 Å². The van der Waals surface area contributed by atoms with Crippen LogP contribution in [0.3, 0.4) is 0 Å². The largest absolute Gasteiger partial charge is 0.353 e. The lowest BCUT2D eigenvalue weighted by Crippen LogP contribution is -2.45. The highest BCUT2D eigenvalue weighted by Gasteiger charge is 2.22. The molecule has 0 aliphatic heterocycles. The fraction of sp³-hybridized carbons (Fsp3) is 0.478. The zero-order valence-corrected chi connectivity index (χ0v) is 18.3. The molecule has 0 bridgehead atoms. The molecule has 0 saturated heterocycles. The van der Waals surface area contributed by atoms with E-state index < -0.39 is 0 Å². The maximum Gasteiger partial charge on any atom is 0.322 e. The number of hydrogen-bond acceptors (Lipinski definition) is 2. The molecule has 29 heavy (non-hydrogen) atoms. The molecule has 1 N–H and O–H groups in total. The van der Waals surface area contributed by atoms with Crippen molar-refractivity contribution >= 4 is 17.6 Å². The number of amides is 3. The maximum atomic E-state index is 13.1. The van der Waals surface area contributed by atoms with Gasteiger partial charge in [-0.1, -0.05) is 38.5 Å². The number of nitrogens with zero attached hydrogens (tertiary/aromatic N) is 3. The van der Waals surface area contributed by atoms with Gasteiger partial charge in [0, 0.05) is 37.7 Å². The third kappa shape index (κ3) is 6.97. The number of aromatic nitrogens is 1. The standard InChI is InChI=1S/C23H34N4O2/c1-6-13-26(23(29)24-20-11-9-19(4)10-12-20)17-22(28)27(15-18(2)3)16-21-8-7-14-25(21)5/h7-12,14,18H,6,13,15-17H2,1-5H3,(H,24,29). The molecular weight excluding hydrogens is 364 g/mol. The van der Waals surface area contributed by atoms with Gasteiger partial charge in [0.15, 0.2) is 0 Å². The van der Waals surface area contributed by atoms with Gasteiger partial charge in [-0.3, -0.25) is 4.79 Å². The van der Waals surface area contributed by atoms with Crippen molar-refractivity contribution in [2.75, 3.05) is 25.0 Å². The Bertz CT molecular complexity index is 795. The van der Waals surface area contributed by atoms with Gasteiger partial charge < -0.3 is 19.7 Å². The van der Waals surface area contributed by atoms with E-state index in [1.165, 1.54) is 0 Å². The Labute approximate surface area is 174 Å². The average Bonchev–Trinajstić information content (AvgIpc) is 3.07. The summed E-state index contributed by atoms with van der Waals surface area (Å²) >= 11 is 0. The number of carbonyl (C=O) groups excluding carboxylic acids is 2. The molecule has 0 saturated carbocycles. The lowest BCUT2D eigenvalue weighted by molar-refractivity contribution is -0.133. The molecule has 1 aromatic heterocycles. The van der Waals surface area contributed by atoms with E-state index in [0.29, 0.717) is 25.6 Å². The molecule has 0 aliphatic rings. The molecule has 0 atom stereocenters. The zero-order valence-electron chi connectivity index (χ0n) is 18.3. The van der Waals surface area contributed by atoms with E-state index in [4.69, 9.17) is 0 Å². The van der Waals surface area contributed by atoms with Crippen LogP contribution in [0.5, 0.6) is 0 Å². The number of nitrogens with one attached hydrogen (secondary N) is 1. The first-order chi connectivity index (χ1) is 13.8. The Balaban J connectivity index is 2.08. The van der Waals surface area contributed by atoms with Crippen molar-refractivity contribution in [1.29, 1.82) is 0 Å². The number of benzene rings is 1. The molecule has 0 spiro atoms. The van der Waals surface area contributed by atoms with Gasteiger partial charge in [-0.25, -0.2) is 4.79 Å². The van der Waals surface area contributed by atoms with Crippen LogP contribution < -0.4 is 5.32 Å². The molecule has 2 rings (SSSR count). The first-order valence-electron chi connectivity index (χ1n) is 10.3. The SMILES string of the molecule is CCCN(CC(=O)N(Cc1cccn1C)CC(C)C)C(=O)Nc1ccc(C)cc1. The van der Waals surface area contributed by atoms with E-state index in [-0.39, 0.29) is 18.5 Å². The topological polar surface area (TPSA) is 57.6 Å². The van der Waals surface area contributed by atoms with E-state index >= 15 is 0 Å². The van der Waals surface area contributed by atoms with Crippen LogP contribution in [0.25, 0.3) is 0 Å². The van der Waals surface area contributed by atoms with Crippen molar-refractivity contribution < 1.29 is 9.59 Å². The molecule has 3 amide bonds. The van der Waals surface area contributed by atoms with E-state index in [2.05, 4.69) is 19.2 Å². The minimum absolute atomic E-state index is 0.0348. The van der Waals surface area contributed by atoms with Crippen molar-refractivity contribution in [3.8, 4) is 0 Å². The maximum absolute atomic E-state index is 13.1. The number of aryl methyl sites for hydroxylation is 2. The normalized spacial score (nSPS) is 10.8. The van der Waals surface area contributed by atoms with Gasteiger partial charge in [0.05, 0.1) is 6.54 Å². The van der Waals surface area contributed by atoms with E-state index in [0.717, 1.165) is 23.4 Å². The Hall–Kier alpha value is -2.76. The van der Waals surface area contributed by atoms with Gasteiger partial charge >= 0.3 is 6.03 Å². The molecule has 6 heteroatoms. The molecule has 6 nitrogen and oxygen atoms in total. The van der Waals surface area contributed by atoms with Gasteiger partial charge in [0.2, 0.25) is 5.91 Å². The molecule has 158 valence electrons. The van der Waals surface area contributed by atoms with Crippen LogP contribution in [0.15, 0.2) is 42.6 Å². The van der Waals surface area contributed by atoms with Crippen LogP contribution in [0.1, 0.15) is 38.4 Å². The lowest BCUT2D eigenvalue weighted by Gasteiger charge is -2.29. The van der Waals surface area contributed by atoms with Gasteiger partial charge in [0.1, 0.15) is 6.54 Å². The minimum atomic E-state index is -0.243. The predicted molar refractivity (Wildman–Crippen MR) is 118 cm³/mol. The van der Waals surface area contributed by atoms with Gasteiger partial charge in [0.25, 0.3) is 0 Å². The number of anilines is 1. The van der Waals surface area contributed by atoms with Crippen LogP contribution in [0.4, 0.5) is 10.5 Å². The number of urea groups is 1. The molecule has 0 unspecified atom stereocenters. The summed E-state index contributed by atoms with van der Waals surface area (Å²) in [5, 5.41) is 2.91. The summed E-state index contributed by atoms with van der Waals surface area (Å²) in [6.45, 7) is 10.0. The van der Waals surface area contributed by atoms with Crippen LogP contribution in [-0.4, -0.2) is 45.9 Å². The Morgan fingerprint density at radius 1 is 1.10 bits per heavy atom. The molecule has 1 aromatic carbocycles. The Kier molecular flexibility index (Phi) is 8.31. The minimum Gasteiger partial charge on any atom is -0.353 e. The first-order valence-corrected chi connectivity index (χ1v) is 10.3. The van der Waals surface area contributed by atoms with Crippen LogP contribution >= 0.6 is 0 Å². The third-order valence-corrected chi connectivity index (χ3v) is 4.75. The quantitative estimate of drug-likeness (QED) is 0.686. The highest BCUT2D eigenvalue weighted by molar-refractivity contribution is 5.92. The number of rotatable bonds is 9. The Morgan fingerprint density at radius 2 is 1.79 bits per heavy atom. The van der Waals surface area contributed by atoms with E-state index in [1.54, 1.807) is 4.90 Å². The fourth-order valence-electron chi connectivity index (χ4n) is 3.18.